The summed E-state index contributed by atoms with van der Waals surface area (Å²) in [6.45, 7) is 12.5. The summed E-state index contributed by atoms with van der Waals surface area (Å²) < 4.78 is 5.38. The number of benzene rings is 2. The van der Waals surface area contributed by atoms with Crippen LogP contribution in [-0.4, -0.2) is 61.1 Å². The highest BCUT2D eigenvalue weighted by molar-refractivity contribution is 6.32. The largest absolute Gasteiger partial charge is 0.495 e. The van der Waals surface area contributed by atoms with Crippen LogP contribution in [0, 0.1) is 0 Å². The Hall–Kier alpha value is -2.24. The molecular weight excluding hydrogens is 446 g/mol. The zero-order valence-corrected chi connectivity index (χ0v) is 22.1. The van der Waals surface area contributed by atoms with E-state index < -0.39 is 0 Å². The Kier molecular flexibility index (Phi) is 9.66. The molecule has 1 fully saturated rings. The van der Waals surface area contributed by atoms with Crippen LogP contribution < -0.4 is 9.64 Å². The van der Waals surface area contributed by atoms with Crippen molar-refractivity contribution >= 4 is 28.9 Å². The van der Waals surface area contributed by atoms with Gasteiger partial charge in [-0.1, -0.05) is 25.4 Å². The van der Waals surface area contributed by atoms with Crippen LogP contribution in [0.3, 0.4) is 0 Å². The van der Waals surface area contributed by atoms with Crippen molar-refractivity contribution < 1.29 is 9.53 Å². The SMILES string of the molecule is CCCN(CCC)C(=O)c1ccc(N(c2ccc(OC)c(Cl)c2)C2CCN(C(C)C)CC2)cc1. The molecule has 186 valence electrons. The quantitative estimate of drug-likeness (QED) is 0.378. The fraction of sp³-hybridized carbons (Fsp3) is 0.536. The molecule has 34 heavy (non-hydrogen) atoms. The normalized spacial score (nSPS) is 14.9. The van der Waals surface area contributed by atoms with Crippen molar-refractivity contribution in [1.82, 2.24) is 9.80 Å². The first kappa shape index (κ1) is 26.4. The van der Waals surface area contributed by atoms with Gasteiger partial charge in [0.2, 0.25) is 0 Å². The summed E-state index contributed by atoms with van der Waals surface area (Å²) >= 11 is 6.52. The lowest BCUT2D eigenvalue weighted by Crippen LogP contribution is -2.45. The standard InChI is InChI=1S/C28H40ClN3O2/c1-6-16-31(17-7-2)28(33)22-8-10-23(11-9-22)32(24-14-18-30(19-15-24)21(3)4)25-12-13-27(34-5)26(29)20-25/h8-13,20-21,24H,6-7,14-19H2,1-5H3. The molecule has 0 radical (unpaired) electrons. The van der Waals surface area contributed by atoms with Crippen LogP contribution in [0.25, 0.3) is 0 Å². The van der Waals surface area contributed by atoms with Crippen LogP contribution in [0.15, 0.2) is 42.5 Å². The average Bonchev–Trinajstić information content (AvgIpc) is 2.84. The molecule has 5 nitrogen and oxygen atoms in total. The van der Waals surface area contributed by atoms with Gasteiger partial charge in [0.05, 0.1) is 12.1 Å². The Labute approximate surface area is 210 Å². The number of piperidine rings is 1. The zero-order valence-electron chi connectivity index (χ0n) is 21.4. The second-order valence-corrected chi connectivity index (χ2v) is 9.80. The van der Waals surface area contributed by atoms with Gasteiger partial charge >= 0.3 is 0 Å². The van der Waals surface area contributed by atoms with Gasteiger partial charge in [-0.25, -0.2) is 0 Å². The molecule has 0 aromatic heterocycles. The van der Waals surface area contributed by atoms with E-state index in [9.17, 15) is 4.79 Å². The van der Waals surface area contributed by atoms with Crippen LogP contribution in [0.2, 0.25) is 5.02 Å². The van der Waals surface area contributed by atoms with Crippen molar-refractivity contribution in [3.8, 4) is 5.75 Å². The molecule has 1 aliphatic heterocycles. The number of carbonyl (C=O) groups excluding carboxylic acids is 1. The van der Waals surface area contributed by atoms with Crippen molar-refractivity contribution in [2.24, 2.45) is 0 Å². The molecule has 0 aliphatic carbocycles. The van der Waals surface area contributed by atoms with E-state index >= 15 is 0 Å². The number of hydrogen-bond donors (Lipinski definition) is 0. The number of carbonyl (C=O) groups is 1. The molecule has 0 N–H and O–H groups in total. The molecule has 0 unspecified atom stereocenters. The maximum atomic E-state index is 13.1. The Morgan fingerprint density at radius 1 is 1.03 bits per heavy atom. The lowest BCUT2D eigenvalue weighted by Gasteiger charge is -2.41. The third-order valence-corrected chi connectivity index (χ3v) is 6.97. The van der Waals surface area contributed by atoms with Gasteiger partial charge in [0.1, 0.15) is 5.75 Å². The highest BCUT2D eigenvalue weighted by Gasteiger charge is 2.28. The van der Waals surface area contributed by atoms with E-state index in [2.05, 4.69) is 55.7 Å². The number of rotatable bonds is 10. The minimum Gasteiger partial charge on any atom is -0.495 e. The number of hydrogen-bond acceptors (Lipinski definition) is 4. The topological polar surface area (TPSA) is 36.0 Å². The summed E-state index contributed by atoms with van der Waals surface area (Å²) in [5, 5.41) is 0.603. The number of methoxy groups -OCH3 is 1. The molecule has 0 atom stereocenters. The third kappa shape index (κ3) is 6.25. The second kappa shape index (κ2) is 12.5. The summed E-state index contributed by atoms with van der Waals surface area (Å²) in [7, 11) is 1.64. The van der Waals surface area contributed by atoms with E-state index in [-0.39, 0.29) is 5.91 Å². The first-order valence-electron chi connectivity index (χ1n) is 12.7. The molecule has 1 amide bonds. The zero-order chi connectivity index (χ0) is 24.7. The molecule has 1 aliphatic rings. The monoisotopic (exact) mass is 485 g/mol. The maximum absolute atomic E-state index is 13.1. The predicted octanol–water partition coefficient (Wildman–Crippen LogP) is 6.62. The lowest BCUT2D eigenvalue weighted by molar-refractivity contribution is 0.0755. The van der Waals surface area contributed by atoms with E-state index in [0.717, 1.165) is 68.8 Å². The molecule has 0 bridgehead atoms. The molecular formula is C28H40ClN3O2. The predicted molar refractivity (Wildman–Crippen MR) is 143 cm³/mol. The molecule has 3 rings (SSSR count). The number of likely N-dealkylation sites (tertiary alicyclic amines) is 1. The van der Waals surface area contributed by atoms with E-state index in [0.29, 0.717) is 22.9 Å². The average molecular weight is 486 g/mol. The fourth-order valence-corrected chi connectivity index (χ4v) is 5.09. The molecule has 0 spiro atoms. The highest BCUT2D eigenvalue weighted by atomic mass is 35.5. The van der Waals surface area contributed by atoms with Gasteiger partial charge in [0, 0.05) is 55.2 Å². The van der Waals surface area contributed by atoms with Crippen molar-refractivity contribution in [2.45, 2.75) is 65.5 Å². The van der Waals surface area contributed by atoms with Gasteiger partial charge in [0.25, 0.3) is 5.91 Å². The highest BCUT2D eigenvalue weighted by Crippen LogP contribution is 2.36. The van der Waals surface area contributed by atoms with E-state index in [1.165, 1.54) is 0 Å². The number of halogens is 1. The van der Waals surface area contributed by atoms with Crippen molar-refractivity contribution in [3.05, 3.63) is 53.1 Å². The Balaban J connectivity index is 1.90. The van der Waals surface area contributed by atoms with Crippen LogP contribution in [0.5, 0.6) is 5.75 Å². The molecule has 1 heterocycles. The number of anilines is 2. The maximum Gasteiger partial charge on any atom is 0.253 e. The summed E-state index contributed by atoms with van der Waals surface area (Å²) in [6.07, 6.45) is 4.07. The van der Waals surface area contributed by atoms with Gasteiger partial charge in [-0.3, -0.25) is 4.79 Å². The first-order valence-corrected chi connectivity index (χ1v) is 13.0. The first-order chi connectivity index (χ1) is 16.4. The van der Waals surface area contributed by atoms with Gasteiger partial charge in [-0.05, 0) is 82.0 Å². The smallest absolute Gasteiger partial charge is 0.253 e. The van der Waals surface area contributed by atoms with Gasteiger partial charge in [-0.15, -0.1) is 0 Å². The molecule has 1 saturated heterocycles. The Bertz CT molecular complexity index is 918. The van der Waals surface area contributed by atoms with Gasteiger partial charge in [0.15, 0.2) is 0 Å². The Morgan fingerprint density at radius 2 is 1.62 bits per heavy atom. The van der Waals surface area contributed by atoms with Crippen molar-refractivity contribution in [1.29, 1.82) is 0 Å². The van der Waals surface area contributed by atoms with E-state index in [1.54, 1.807) is 7.11 Å². The number of ether oxygens (including phenoxy) is 1. The fourth-order valence-electron chi connectivity index (χ4n) is 4.84. The number of nitrogens with zero attached hydrogens (tertiary/aromatic N) is 3. The van der Waals surface area contributed by atoms with Crippen molar-refractivity contribution in [2.75, 3.05) is 38.2 Å². The van der Waals surface area contributed by atoms with Crippen LogP contribution in [-0.2, 0) is 0 Å². The summed E-state index contributed by atoms with van der Waals surface area (Å²) in [4.78, 5) is 19.9. The molecule has 0 saturated carbocycles. The van der Waals surface area contributed by atoms with Crippen molar-refractivity contribution in [3.63, 3.8) is 0 Å². The third-order valence-electron chi connectivity index (χ3n) is 6.67. The molecule has 6 heteroatoms. The minimum absolute atomic E-state index is 0.111. The summed E-state index contributed by atoms with van der Waals surface area (Å²) in [5.41, 5.74) is 2.87. The minimum atomic E-state index is 0.111. The summed E-state index contributed by atoms with van der Waals surface area (Å²) in [5.74, 6) is 0.785. The summed E-state index contributed by atoms with van der Waals surface area (Å²) in [6, 6.07) is 15.0. The molecule has 2 aromatic carbocycles. The van der Waals surface area contributed by atoms with Gasteiger partial charge in [-0.2, -0.15) is 0 Å². The van der Waals surface area contributed by atoms with E-state index in [1.807, 2.05) is 29.2 Å². The van der Waals surface area contributed by atoms with Crippen LogP contribution >= 0.6 is 11.6 Å². The van der Waals surface area contributed by atoms with Crippen LogP contribution in [0.1, 0.15) is 63.7 Å². The number of amides is 1. The molecule has 2 aromatic rings. The van der Waals surface area contributed by atoms with Crippen LogP contribution in [0.4, 0.5) is 11.4 Å². The second-order valence-electron chi connectivity index (χ2n) is 9.39. The Morgan fingerprint density at radius 3 is 2.12 bits per heavy atom. The lowest BCUT2D eigenvalue weighted by atomic mass is 9.99. The van der Waals surface area contributed by atoms with Gasteiger partial charge < -0.3 is 19.4 Å². The van der Waals surface area contributed by atoms with E-state index in [4.69, 9.17) is 16.3 Å².